The van der Waals surface area contributed by atoms with Gasteiger partial charge in [0, 0.05) is 5.56 Å². The fraction of sp³-hybridized carbons (Fsp3) is 0.267. The highest BCUT2D eigenvalue weighted by molar-refractivity contribution is 6.34. The molecule has 1 aromatic carbocycles. The number of pyridine rings is 1. The third-order valence-corrected chi connectivity index (χ3v) is 3.41. The number of benzene rings is 1. The standard InChI is InChI=1S/C15H17ClN.HI/c1-3-12-10-17(4-2)11-14(15(12)16)13-8-6-5-7-9-13;/h5-11H,3-4H2,1-2H3;1H/q+1;/p-1. The minimum atomic E-state index is 0. The molecule has 2 aromatic rings. The van der Waals surface area contributed by atoms with Crippen LogP contribution in [0.25, 0.3) is 11.1 Å². The van der Waals surface area contributed by atoms with Gasteiger partial charge in [-0.2, -0.15) is 0 Å². The Labute approximate surface area is 131 Å². The first kappa shape index (κ1) is 15.4. The van der Waals surface area contributed by atoms with Gasteiger partial charge in [-0.3, -0.25) is 0 Å². The van der Waals surface area contributed by atoms with Crippen molar-refractivity contribution in [3.63, 3.8) is 0 Å². The third-order valence-electron chi connectivity index (χ3n) is 2.97. The molecule has 0 amide bonds. The zero-order valence-corrected chi connectivity index (χ0v) is 13.6. The van der Waals surface area contributed by atoms with Gasteiger partial charge < -0.3 is 24.0 Å². The highest BCUT2D eigenvalue weighted by atomic mass is 127. The summed E-state index contributed by atoms with van der Waals surface area (Å²) in [6.07, 6.45) is 5.21. The molecule has 18 heavy (non-hydrogen) atoms. The second-order valence-corrected chi connectivity index (χ2v) is 4.44. The van der Waals surface area contributed by atoms with Crippen molar-refractivity contribution < 1.29 is 28.5 Å². The predicted octanol–water partition coefficient (Wildman–Crippen LogP) is 0.881. The number of halogens is 2. The maximum absolute atomic E-state index is 6.46. The van der Waals surface area contributed by atoms with E-state index in [2.05, 4.69) is 42.9 Å². The van der Waals surface area contributed by atoms with Crippen molar-refractivity contribution in [3.05, 3.63) is 53.3 Å². The number of aromatic nitrogens is 1. The van der Waals surface area contributed by atoms with Crippen LogP contribution in [0.5, 0.6) is 0 Å². The Kier molecular flexibility index (Phi) is 6.09. The summed E-state index contributed by atoms with van der Waals surface area (Å²) in [6.45, 7) is 5.24. The van der Waals surface area contributed by atoms with Gasteiger partial charge >= 0.3 is 0 Å². The minimum Gasteiger partial charge on any atom is -1.00 e. The van der Waals surface area contributed by atoms with E-state index in [4.69, 9.17) is 11.6 Å². The summed E-state index contributed by atoms with van der Waals surface area (Å²) in [6, 6.07) is 10.3. The molecule has 0 saturated carbocycles. The van der Waals surface area contributed by atoms with Crippen molar-refractivity contribution in [1.29, 1.82) is 0 Å². The van der Waals surface area contributed by atoms with Crippen LogP contribution in [0.4, 0.5) is 0 Å². The molecule has 0 spiro atoms. The largest absolute Gasteiger partial charge is 1.00 e. The molecule has 0 atom stereocenters. The molecule has 0 radical (unpaired) electrons. The summed E-state index contributed by atoms with van der Waals surface area (Å²) in [5.41, 5.74) is 3.50. The SMILES string of the molecule is CCc1c[n+](CC)cc(-c2ccccc2)c1Cl.[I-]. The molecule has 1 aromatic heterocycles. The fourth-order valence-corrected chi connectivity index (χ4v) is 2.28. The van der Waals surface area contributed by atoms with Crippen LogP contribution >= 0.6 is 11.6 Å². The Bertz CT molecular complexity index is 511. The Morgan fingerprint density at radius 2 is 1.72 bits per heavy atom. The fourth-order valence-electron chi connectivity index (χ4n) is 1.94. The quantitative estimate of drug-likeness (QED) is 0.556. The Hall–Kier alpha value is -0.610. The molecule has 0 unspecified atom stereocenters. The summed E-state index contributed by atoms with van der Waals surface area (Å²) in [5.74, 6) is 0. The first-order valence-corrected chi connectivity index (χ1v) is 6.41. The number of hydrogen-bond donors (Lipinski definition) is 0. The predicted molar refractivity (Wildman–Crippen MR) is 72.1 cm³/mol. The van der Waals surface area contributed by atoms with Crippen molar-refractivity contribution in [1.82, 2.24) is 0 Å². The lowest BCUT2D eigenvalue weighted by Gasteiger charge is -2.07. The first-order valence-electron chi connectivity index (χ1n) is 6.03. The molecule has 0 fully saturated rings. The summed E-state index contributed by atoms with van der Waals surface area (Å²) in [5, 5.41) is 0.878. The van der Waals surface area contributed by atoms with Crippen LogP contribution in [0.2, 0.25) is 5.02 Å². The zero-order chi connectivity index (χ0) is 12.3. The van der Waals surface area contributed by atoms with Gasteiger partial charge in [0.1, 0.15) is 6.54 Å². The molecule has 1 heterocycles. The van der Waals surface area contributed by atoms with Gasteiger partial charge in [0.2, 0.25) is 0 Å². The second-order valence-electron chi connectivity index (χ2n) is 4.06. The van der Waals surface area contributed by atoms with E-state index in [-0.39, 0.29) is 24.0 Å². The van der Waals surface area contributed by atoms with E-state index in [9.17, 15) is 0 Å². The van der Waals surface area contributed by atoms with Gasteiger partial charge in [0.25, 0.3) is 0 Å². The van der Waals surface area contributed by atoms with Crippen molar-refractivity contribution >= 4 is 11.6 Å². The van der Waals surface area contributed by atoms with Crippen LogP contribution < -0.4 is 28.5 Å². The van der Waals surface area contributed by atoms with E-state index >= 15 is 0 Å². The Balaban J connectivity index is 0.00000162. The molecular formula is C15H17ClIN. The number of hydrogen-bond acceptors (Lipinski definition) is 0. The average molecular weight is 374 g/mol. The van der Waals surface area contributed by atoms with Crippen molar-refractivity contribution in [2.45, 2.75) is 26.8 Å². The molecule has 0 aliphatic rings. The number of aryl methyl sites for hydroxylation is 2. The van der Waals surface area contributed by atoms with Gasteiger partial charge in [0.05, 0.1) is 10.6 Å². The normalized spacial score (nSPS) is 9.94. The zero-order valence-electron chi connectivity index (χ0n) is 10.7. The molecule has 96 valence electrons. The lowest BCUT2D eigenvalue weighted by Crippen LogP contribution is -3.00. The van der Waals surface area contributed by atoms with E-state index in [1.54, 1.807) is 0 Å². The Morgan fingerprint density at radius 1 is 1.06 bits per heavy atom. The van der Waals surface area contributed by atoms with Crippen LogP contribution in [-0.4, -0.2) is 0 Å². The topological polar surface area (TPSA) is 3.88 Å². The van der Waals surface area contributed by atoms with E-state index in [1.165, 1.54) is 11.1 Å². The van der Waals surface area contributed by atoms with Gasteiger partial charge in [-0.25, -0.2) is 4.57 Å². The van der Waals surface area contributed by atoms with E-state index in [0.29, 0.717) is 0 Å². The molecule has 1 nitrogen and oxygen atoms in total. The summed E-state index contributed by atoms with van der Waals surface area (Å²) < 4.78 is 2.19. The van der Waals surface area contributed by atoms with Crippen LogP contribution in [-0.2, 0) is 13.0 Å². The molecule has 2 rings (SSSR count). The summed E-state index contributed by atoms with van der Waals surface area (Å²) in [4.78, 5) is 0. The third kappa shape index (κ3) is 3.23. The lowest BCUT2D eigenvalue weighted by molar-refractivity contribution is -0.693. The van der Waals surface area contributed by atoms with Crippen molar-refractivity contribution in [2.75, 3.05) is 0 Å². The molecule has 0 aliphatic heterocycles. The monoisotopic (exact) mass is 373 g/mol. The second kappa shape index (κ2) is 7.10. The Morgan fingerprint density at radius 3 is 2.28 bits per heavy atom. The lowest BCUT2D eigenvalue weighted by atomic mass is 10.0. The highest BCUT2D eigenvalue weighted by Crippen LogP contribution is 2.29. The van der Waals surface area contributed by atoms with Crippen LogP contribution in [0, 0.1) is 0 Å². The molecule has 0 aliphatic carbocycles. The maximum atomic E-state index is 6.46. The van der Waals surface area contributed by atoms with E-state index < -0.39 is 0 Å². The number of nitrogens with zero attached hydrogens (tertiary/aromatic N) is 1. The molecule has 3 heteroatoms. The van der Waals surface area contributed by atoms with E-state index in [0.717, 1.165) is 23.6 Å². The molecule has 0 bridgehead atoms. The van der Waals surface area contributed by atoms with Crippen molar-refractivity contribution in [2.24, 2.45) is 0 Å². The molecule has 0 saturated heterocycles. The van der Waals surface area contributed by atoms with E-state index in [1.807, 2.05) is 18.2 Å². The van der Waals surface area contributed by atoms with Gasteiger partial charge in [-0.15, -0.1) is 0 Å². The molecule has 0 N–H and O–H groups in total. The van der Waals surface area contributed by atoms with Crippen LogP contribution in [0.3, 0.4) is 0 Å². The maximum Gasteiger partial charge on any atom is 0.178 e. The minimum absolute atomic E-state index is 0. The highest BCUT2D eigenvalue weighted by Gasteiger charge is 2.13. The average Bonchev–Trinajstić information content (AvgIpc) is 2.40. The smallest absolute Gasteiger partial charge is 0.178 e. The number of rotatable bonds is 3. The van der Waals surface area contributed by atoms with Gasteiger partial charge in [-0.1, -0.05) is 48.9 Å². The van der Waals surface area contributed by atoms with Crippen LogP contribution in [0.15, 0.2) is 42.7 Å². The summed E-state index contributed by atoms with van der Waals surface area (Å²) in [7, 11) is 0. The van der Waals surface area contributed by atoms with Crippen molar-refractivity contribution in [3.8, 4) is 11.1 Å². The van der Waals surface area contributed by atoms with Gasteiger partial charge in [-0.05, 0) is 18.9 Å². The first-order chi connectivity index (χ1) is 8.26. The molecular weight excluding hydrogens is 357 g/mol. The van der Waals surface area contributed by atoms with Crippen LogP contribution in [0.1, 0.15) is 19.4 Å². The summed E-state index contributed by atoms with van der Waals surface area (Å²) >= 11 is 6.46. The van der Waals surface area contributed by atoms with Gasteiger partial charge in [0.15, 0.2) is 12.4 Å².